The van der Waals surface area contributed by atoms with Crippen LogP contribution >= 0.6 is 0 Å². The third-order valence-corrected chi connectivity index (χ3v) is 6.26. The number of carbonyl (C=O) groups is 2. The number of rotatable bonds is 3. The lowest BCUT2D eigenvalue weighted by Gasteiger charge is -2.39. The number of Topliss-reactive ketones (excluding diaryl/α,β-unsaturated/α-hetero) is 1. The summed E-state index contributed by atoms with van der Waals surface area (Å²) in [5, 5.41) is 11.0. The Morgan fingerprint density at radius 2 is 1.81 bits per heavy atom. The van der Waals surface area contributed by atoms with E-state index in [4.69, 9.17) is 0 Å². The maximum absolute atomic E-state index is 13.2. The van der Waals surface area contributed by atoms with Gasteiger partial charge in [0.2, 0.25) is 0 Å². The van der Waals surface area contributed by atoms with Gasteiger partial charge >= 0.3 is 0 Å². The van der Waals surface area contributed by atoms with E-state index in [0.717, 1.165) is 34.5 Å². The highest BCUT2D eigenvalue weighted by molar-refractivity contribution is 6.08. The Bertz CT molecular complexity index is 1250. The van der Waals surface area contributed by atoms with Gasteiger partial charge in [-0.15, -0.1) is 0 Å². The molecular formula is C26H26N4O2. The molecule has 0 fully saturated rings. The van der Waals surface area contributed by atoms with Crippen molar-refractivity contribution in [3.63, 3.8) is 0 Å². The summed E-state index contributed by atoms with van der Waals surface area (Å²) < 4.78 is 1.77. The average Bonchev–Trinajstić information content (AvgIpc) is 3.17. The highest BCUT2D eigenvalue weighted by Crippen LogP contribution is 2.46. The molecule has 1 aliphatic carbocycles. The molecule has 2 aliphatic rings. The van der Waals surface area contributed by atoms with Crippen LogP contribution in [0.2, 0.25) is 0 Å². The van der Waals surface area contributed by atoms with Gasteiger partial charge in [-0.2, -0.15) is 5.10 Å². The molecule has 0 bridgehead atoms. The number of carbonyl (C=O) groups excluding carboxylic acids is 2. The molecule has 3 aromatic rings. The Balaban J connectivity index is 1.60. The van der Waals surface area contributed by atoms with Crippen molar-refractivity contribution in [2.24, 2.45) is 5.41 Å². The number of hydrogen-bond donors (Lipinski definition) is 2. The molecule has 0 saturated heterocycles. The number of hydrogen-bond acceptors (Lipinski definition) is 4. The summed E-state index contributed by atoms with van der Waals surface area (Å²) in [4.78, 5) is 26.4. The molecule has 0 spiro atoms. The molecule has 6 heteroatoms. The topological polar surface area (TPSA) is 76.0 Å². The fourth-order valence-corrected chi connectivity index (χ4v) is 4.72. The number of allylic oxidation sites excluding steroid dienone is 2. The van der Waals surface area contributed by atoms with Crippen LogP contribution in [0.3, 0.4) is 0 Å². The first-order valence-corrected chi connectivity index (χ1v) is 10.9. The maximum atomic E-state index is 13.2. The summed E-state index contributed by atoms with van der Waals surface area (Å²) in [5.74, 6) is 0.518. The number of nitrogens with one attached hydrogen (secondary N) is 2. The van der Waals surface area contributed by atoms with E-state index < -0.39 is 0 Å². The van der Waals surface area contributed by atoms with Crippen LogP contribution in [-0.2, 0) is 4.79 Å². The van der Waals surface area contributed by atoms with Crippen LogP contribution in [0.15, 0.2) is 72.1 Å². The number of fused-ring (bicyclic) bond motifs is 1. The van der Waals surface area contributed by atoms with Gasteiger partial charge in [0.1, 0.15) is 17.4 Å². The van der Waals surface area contributed by atoms with Gasteiger partial charge in [-0.25, -0.2) is 4.68 Å². The molecule has 2 N–H and O–H groups in total. The fourth-order valence-electron chi connectivity index (χ4n) is 4.72. The number of aromatic nitrogens is 2. The summed E-state index contributed by atoms with van der Waals surface area (Å²) in [6, 6.07) is 17.2. The molecule has 0 unspecified atom stereocenters. The van der Waals surface area contributed by atoms with E-state index in [1.54, 1.807) is 10.9 Å². The van der Waals surface area contributed by atoms with Crippen molar-refractivity contribution in [3.8, 4) is 0 Å². The van der Waals surface area contributed by atoms with E-state index in [1.165, 1.54) is 0 Å². The molecule has 1 amide bonds. The molecule has 5 rings (SSSR count). The molecule has 2 aromatic carbocycles. The van der Waals surface area contributed by atoms with E-state index in [1.807, 2.05) is 61.5 Å². The standard InChI is InChI=1S/C26H26N4O2/c1-16-9-7-8-12-19(16)29-25(32)18-15-27-30-23(17-10-5-4-6-11-17)22-20(28-24(18)30)13-26(2,3)14-21(22)31/h4-12,15,23,28H,13-14H2,1-3H3,(H,29,32)/t23-/m1/s1. The van der Waals surface area contributed by atoms with Crippen LogP contribution in [-0.4, -0.2) is 21.5 Å². The molecule has 32 heavy (non-hydrogen) atoms. The van der Waals surface area contributed by atoms with Gasteiger partial charge in [-0.1, -0.05) is 62.4 Å². The second-order valence-corrected chi connectivity index (χ2v) is 9.39. The minimum atomic E-state index is -0.355. The van der Waals surface area contributed by atoms with E-state index in [-0.39, 0.29) is 23.1 Å². The van der Waals surface area contributed by atoms with Crippen molar-refractivity contribution < 1.29 is 9.59 Å². The Morgan fingerprint density at radius 1 is 1.09 bits per heavy atom. The minimum Gasteiger partial charge on any atom is -0.343 e. The lowest BCUT2D eigenvalue weighted by molar-refractivity contribution is -0.118. The summed E-state index contributed by atoms with van der Waals surface area (Å²) in [7, 11) is 0. The Labute approximate surface area is 187 Å². The quantitative estimate of drug-likeness (QED) is 0.611. The molecule has 1 aromatic heterocycles. The minimum absolute atomic E-state index is 0.129. The van der Waals surface area contributed by atoms with Gasteiger partial charge in [-0.05, 0) is 36.0 Å². The van der Waals surface area contributed by atoms with Crippen LogP contribution < -0.4 is 10.6 Å². The van der Waals surface area contributed by atoms with Crippen LogP contribution in [0.5, 0.6) is 0 Å². The maximum Gasteiger partial charge on any atom is 0.261 e. The van der Waals surface area contributed by atoms with Crippen LogP contribution in [0, 0.1) is 12.3 Å². The number of benzene rings is 2. The van der Waals surface area contributed by atoms with Crippen LogP contribution in [0.25, 0.3) is 0 Å². The summed E-state index contributed by atoms with van der Waals surface area (Å²) in [5.41, 5.74) is 4.68. The van der Waals surface area contributed by atoms with Gasteiger partial charge in [-0.3, -0.25) is 9.59 Å². The van der Waals surface area contributed by atoms with Crippen molar-refractivity contribution in [1.29, 1.82) is 0 Å². The largest absolute Gasteiger partial charge is 0.343 e. The smallest absolute Gasteiger partial charge is 0.261 e. The molecule has 1 atom stereocenters. The van der Waals surface area contributed by atoms with E-state index >= 15 is 0 Å². The summed E-state index contributed by atoms with van der Waals surface area (Å²) in [6.45, 7) is 6.16. The zero-order valence-corrected chi connectivity index (χ0v) is 18.5. The molecule has 6 nitrogen and oxygen atoms in total. The Morgan fingerprint density at radius 3 is 2.56 bits per heavy atom. The van der Waals surface area contributed by atoms with Gasteiger partial charge in [0.05, 0.1) is 6.20 Å². The number of nitrogens with zero attached hydrogens (tertiary/aromatic N) is 2. The molecular weight excluding hydrogens is 400 g/mol. The first kappa shape index (κ1) is 20.2. The monoisotopic (exact) mass is 426 g/mol. The fraction of sp³-hybridized carbons (Fsp3) is 0.269. The summed E-state index contributed by atoms with van der Waals surface area (Å²) in [6.07, 6.45) is 2.81. The molecule has 1 aliphatic heterocycles. The highest BCUT2D eigenvalue weighted by atomic mass is 16.1. The Kier molecular flexibility index (Phi) is 4.73. The molecule has 2 heterocycles. The zero-order chi connectivity index (χ0) is 22.5. The average molecular weight is 427 g/mol. The van der Waals surface area contributed by atoms with Gasteiger partial charge < -0.3 is 10.6 Å². The van der Waals surface area contributed by atoms with Crippen molar-refractivity contribution in [1.82, 2.24) is 9.78 Å². The lowest BCUT2D eigenvalue weighted by atomic mass is 9.73. The van der Waals surface area contributed by atoms with Gasteiger partial charge in [0.15, 0.2) is 5.78 Å². The first-order valence-electron chi connectivity index (χ1n) is 10.9. The van der Waals surface area contributed by atoms with E-state index in [0.29, 0.717) is 17.8 Å². The van der Waals surface area contributed by atoms with Crippen LogP contribution in [0.1, 0.15) is 54.2 Å². The van der Waals surface area contributed by atoms with Gasteiger partial charge in [0, 0.05) is 23.4 Å². The van der Waals surface area contributed by atoms with Gasteiger partial charge in [0.25, 0.3) is 5.91 Å². The van der Waals surface area contributed by atoms with E-state index in [2.05, 4.69) is 29.6 Å². The Hall–Kier alpha value is -3.67. The number of amides is 1. The van der Waals surface area contributed by atoms with E-state index in [9.17, 15) is 9.59 Å². The third kappa shape index (κ3) is 3.42. The third-order valence-electron chi connectivity index (χ3n) is 6.26. The predicted octanol–water partition coefficient (Wildman–Crippen LogP) is 5.10. The normalized spacial score (nSPS) is 19.1. The predicted molar refractivity (Wildman–Crippen MR) is 125 cm³/mol. The van der Waals surface area contributed by atoms with Crippen molar-refractivity contribution >= 4 is 23.2 Å². The van der Waals surface area contributed by atoms with Crippen molar-refractivity contribution in [2.45, 2.75) is 39.7 Å². The number of para-hydroxylation sites is 1. The molecule has 162 valence electrons. The highest BCUT2D eigenvalue weighted by Gasteiger charge is 2.42. The number of aryl methyl sites for hydroxylation is 1. The first-order chi connectivity index (χ1) is 15.3. The summed E-state index contributed by atoms with van der Waals surface area (Å²) >= 11 is 0. The van der Waals surface area contributed by atoms with Crippen molar-refractivity contribution in [2.75, 3.05) is 10.6 Å². The molecule has 0 saturated carbocycles. The SMILES string of the molecule is Cc1ccccc1NC(=O)c1cnn2c1NC1=C(C(=O)CC(C)(C)C1)[C@H]2c1ccccc1. The molecule has 0 radical (unpaired) electrons. The number of anilines is 2. The second-order valence-electron chi connectivity index (χ2n) is 9.39. The zero-order valence-electron chi connectivity index (χ0n) is 18.5. The second kappa shape index (κ2) is 7.48. The van der Waals surface area contributed by atoms with Crippen LogP contribution in [0.4, 0.5) is 11.5 Å². The number of ketones is 1. The van der Waals surface area contributed by atoms with Crippen molar-refractivity contribution in [3.05, 3.63) is 88.8 Å². The lowest BCUT2D eigenvalue weighted by Crippen LogP contribution is -2.36.